The van der Waals surface area contributed by atoms with Gasteiger partial charge in [-0.1, -0.05) is 18.2 Å². The summed E-state index contributed by atoms with van der Waals surface area (Å²) in [5, 5.41) is 13.1. The fourth-order valence-electron chi connectivity index (χ4n) is 1.80. The van der Waals surface area contributed by atoms with E-state index in [4.69, 9.17) is 0 Å². The Labute approximate surface area is 120 Å². The van der Waals surface area contributed by atoms with Crippen LogP contribution in [0.2, 0.25) is 0 Å². The summed E-state index contributed by atoms with van der Waals surface area (Å²) in [6.45, 7) is 1.64. The number of halogens is 1. The van der Waals surface area contributed by atoms with Gasteiger partial charge in [0.05, 0.1) is 11.3 Å². The average molecular weight is 288 g/mol. The van der Waals surface area contributed by atoms with Crippen molar-refractivity contribution in [3.05, 3.63) is 69.5 Å². The van der Waals surface area contributed by atoms with E-state index in [0.29, 0.717) is 16.8 Å². The molecule has 0 bridgehead atoms. The van der Waals surface area contributed by atoms with Crippen molar-refractivity contribution in [2.75, 3.05) is 5.32 Å². The molecular weight excluding hydrogens is 275 g/mol. The van der Waals surface area contributed by atoms with Crippen LogP contribution in [-0.4, -0.2) is 10.8 Å². The number of nitrogens with zero attached hydrogens (tertiary/aromatic N) is 1. The van der Waals surface area contributed by atoms with Crippen molar-refractivity contribution >= 4 is 17.3 Å². The number of hydrogen-bond acceptors (Lipinski definition) is 3. The van der Waals surface area contributed by atoms with Crippen LogP contribution < -0.4 is 5.32 Å². The van der Waals surface area contributed by atoms with Crippen LogP contribution in [0, 0.1) is 22.9 Å². The SMILES string of the molecule is Cc1ccc(NC(=O)Cc2ccc([N+](=O)[O-])cc2)cc1F. The van der Waals surface area contributed by atoms with Gasteiger partial charge in [-0.15, -0.1) is 0 Å². The maximum atomic E-state index is 13.4. The predicted molar refractivity (Wildman–Crippen MR) is 76.6 cm³/mol. The number of hydrogen-bond donors (Lipinski definition) is 1. The first-order valence-corrected chi connectivity index (χ1v) is 6.25. The lowest BCUT2D eigenvalue weighted by molar-refractivity contribution is -0.384. The standard InChI is InChI=1S/C15H13FN2O3/c1-10-2-5-12(9-14(10)16)17-15(19)8-11-3-6-13(7-4-11)18(20)21/h2-7,9H,8H2,1H3,(H,17,19). The molecular formula is C15H13FN2O3. The van der Waals surface area contributed by atoms with Crippen molar-refractivity contribution in [2.45, 2.75) is 13.3 Å². The first kappa shape index (κ1) is 14.6. The van der Waals surface area contributed by atoms with Crippen LogP contribution in [0.1, 0.15) is 11.1 Å². The van der Waals surface area contributed by atoms with Crippen LogP contribution in [0.15, 0.2) is 42.5 Å². The summed E-state index contributed by atoms with van der Waals surface area (Å²) in [7, 11) is 0. The molecule has 0 spiro atoms. The number of carbonyl (C=O) groups excluding carboxylic acids is 1. The number of anilines is 1. The molecule has 0 aromatic heterocycles. The maximum absolute atomic E-state index is 13.4. The van der Waals surface area contributed by atoms with Crippen molar-refractivity contribution in [1.29, 1.82) is 0 Å². The summed E-state index contributed by atoms with van der Waals surface area (Å²) in [6.07, 6.45) is 0.0630. The van der Waals surface area contributed by atoms with Gasteiger partial charge in [-0.3, -0.25) is 14.9 Å². The molecule has 1 amide bonds. The summed E-state index contributed by atoms with van der Waals surface area (Å²) in [6, 6.07) is 10.2. The van der Waals surface area contributed by atoms with Gasteiger partial charge < -0.3 is 5.32 Å². The molecule has 0 unspecified atom stereocenters. The number of nitro benzene ring substituents is 1. The number of amides is 1. The minimum Gasteiger partial charge on any atom is -0.326 e. The summed E-state index contributed by atoms with van der Waals surface area (Å²) < 4.78 is 13.4. The molecule has 0 aliphatic carbocycles. The first-order chi connectivity index (χ1) is 9.95. The second kappa shape index (κ2) is 6.13. The van der Waals surface area contributed by atoms with E-state index in [-0.39, 0.29) is 23.8 Å². The Bertz CT molecular complexity index is 684. The normalized spacial score (nSPS) is 10.2. The van der Waals surface area contributed by atoms with E-state index in [1.807, 2.05) is 0 Å². The van der Waals surface area contributed by atoms with Crippen molar-refractivity contribution < 1.29 is 14.1 Å². The van der Waals surface area contributed by atoms with Gasteiger partial charge in [0, 0.05) is 17.8 Å². The highest BCUT2D eigenvalue weighted by atomic mass is 19.1. The van der Waals surface area contributed by atoms with E-state index >= 15 is 0 Å². The lowest BCUT2D eigenvalue weighted by Crippen LogP contribution is -2.14. The summed E-state index contributed by atoms with van der Waals surface area (Å²) in [4.78, 5) is 21.9. The van der Waals surface area contributed by atoms with E-state index in [0.717, 1.165) is 0 Å². The molecule has 0 fully saturated rings. The van der Waals surface area contributed by atoms with Crippen LogP contribution >= 0.6 is 0 Å². The maximum Gasteiger partial charge on any atom is 0.269 e. The van der Waals surface area contributed by atoms with Gasteiger partial charge in [0.2, 0.25) is 5.91 Å². The Morgan fingerprint density at radius 3 is 2.48 bits per heavy atom. The number of non-ortho nitro benzene ring substituents is 1. The Balaban J connectivity index is 2.01. The van der Waals surface area contributed by atoms with Crippen LogP contribution in [-0.2, 0) is 11.2 Å². The molecule has 0 aliphatic rings. The van der Waals surface area contributed by atoms with Gasteiger partial charge in [0.1, 0.15) is 5.82 Å². The molecule has 5 nitrogen and oxygen atoms in total. The number of nitrogens with one attached hydrogen (secondary N) is 1. The fourth-order valence-corrected chi connectivity index (χ4v) is 1.80. The van der Waals surface area contributed by atoms with Crippen LogP contribution in [0.5, 0.6) is 0 Å². The third kappa shape index (κ3) is 3.85. The molecule has 0 aliphatic heterocycles. The number of benzene rings is 2. The fraction of sp³-hybridized carbons (Fsp3) is 0.133. The number of carbonyl (C=O) groups is 1. The molecule has 1 N–H and O–H groups in total. The quantitative estimate of drug-likeness (QED) is 0.693. The van der Waals surface area contributed by atoms with Crippen LogP contribution in [0.4, 0.5) is 15.8 Å². The van der Waals surface area contributed by atoms with E-state index in [1.165, 1.54) is 30.3 Å². The van der Waals surface area contributed by atoms with Gasteiger partial charge in [-0.25, -0.2) is 4.39 Å². The Hall–Kier alpha value is -2.76. The average Bonchev–Trinajstić information content (AvgIpc) is 2.43. The zero-order valence-corrected chi connectivity index (χ0v) is 11.3. The molecule has 0 saturated heterocycles. The monoisotopic (exact) mass is 288 g/mol. The highest BCUT2D eigenvalue weighted by Crippen LogP contribution is 2.15. The van der Waals surface area contributed by atoms with Crippen molar-refractivity contribution in [1.82, 2.24) is 0 Å². The first-order valence-electron chi connectivity index (χ1n) is 6.25. The number of rotatable bonds is 4. The molecule has 2 rings (SSSR count). The minimum atomic E-state index is -0.501. The van der Waals surface area contributed by atoms with Crippen molar-refractivity contribution in [2.24, 2.45) is 0 Å². The molecule has 108 valence electrons. The largest absolute Gasteiger partial charge is 0.326 e. The zero-order chi connectivity index (χ0) is 15.4. The summed E-state index contributed by atoms with van der Waals surface area (Å²) >= 11 is 0. The van der Waals surface area contributed by atoms with E-state index in [1.54, 1.807) is 19.1 Å². The smallest absolute Gasteiger partial charge is 0.269 e. The molecule has 6 heteroatoms. The lowest BCUT2D eigenvalue weighted by Gasteiger charge is -2.06. The number of aryl methyl sites for hydroxylation is 1. The number of nitro groups is 1. The Kier molecular flexibility index (Phi) is 4.27. The Morgan fingerprint density at radius 1 is 1.24 bits per heavy atom. The molecule has 0 saturated carbocycles. The van der Waals surface area contributed by atoms with Crippen LogP contribution in [0.3, 0.4) is 0 Å². The third-order valence-electron chi connectivity index (χ3n) is 2.97. The molecule has 0 atom stereocenters. The van der Waals surface area contributed by atoms with Gasteiger partial charge in [0.25, 0.3) is 5.69 Å². The lowest BCUT2D eigenvalue weighted by atomic mass is 10.1. The molecule has 21 heavy (non-hydrogen) atoms. The summed E-state index contributed by atoms with van der Waals surface area (Å²) in [5.74, 6) is -0.699. The molecule has 2 aromatic rings. The highest BCUT2D eigenvalue weighted by molar-refractivity contribution is 5.92. The van der Waals surface area contributed by atoms with E-state index in [2.05, 4.69) is 5.32 Å². The highest BCUT2D eigenvalue weighted by Gasteiger charge is 2.08. The second-order valence-electron chi connectivity index (χ2n) is 4.61. The Morgan fingerprint density at radius 2 is 1.90 bits per heavy atom. The van der Waals surface area contributed by atoms with E-state index < -0.39 is 4.92 Å². The van der Waals surface area contributed by atoms with Crippen molar-refractivity contribution in [3.8, 4) is 0 Å². The van der Waals surface area contributed by atoms with E-state index in [9.17, 15) is 19.3 Å². The molecule has 0 heterocycles. The summed E-state index contributed by atoms with van der Waals surface area (Å²) in [5.41, 5.74) is 1.50. The van der Waals surface area contributed by atoms with Gasteiger partial charge in [-0.05, 0) is 30.2 Å². The minimum absolute atomic E-state index is 0.0280. The van der Waals surface area contributed by atoms with Crippen molar-refractivity contribution in [3.63, 3.8) is 0 Å². The van der Waals surface area contributed by atoms with Crippen LogP contribution in [0.25, 0.3) is 0 Å². The van der Waals surface area contributed by atoms with Gasteiger partial charge >= 0.3 is 0 Å². The second-order valence-corrected chi connectivity index (χ2v) is 4.61. The van der Waals surface area contributed by atoms with Gasteiger partial charge in [0.15, 0.2) is 0 Å². The topological polar surface area (TPSA) is 72.2 Å². The third-order valence-corrected chi connectivity index (χ3v) is 2.97. The predicted octanol–water partition coefficient (Wildman–Crippen LogP) is 3.22. The van der Waals surface area contributed by atoms with Gasteiger partial charge in [-0.2, -0.15) is 0 Å². The molecule has 0 radical (unpaired) electrons. The molecule has 2 aromatic carbocycles. The zero-order valence-electron chi connectivity index (χ0n) is 11.3.